The molecule has 0 aliphatic heterocycles. The van der Waals surface area contributed by atoms with Gasteiger partial charge in [-0.3, -0.25) is 4.79 Å². The van der Waals surface area contributed by atoms with Crippen LogP contribution >= 0.6 is 0 Å². The van der Waals surface area contributed by atoms with E-state index in [2.05, 4.69) is 16.1 Å². The van der Waals surface area contributed by atoms with Gasteiger partial charge in [0.25, 0.3) is 0 Å². The minimum absolute atomic E-state index is 0.329. The number of carbonyl (C=O) groups excluding carboxylic acids is 3. The number of carbonyl (C=O) groups is 3. The van der Waals surface area contributed by atoms with Crippen LogP contribution in [0.3, 0.4) is 0 Å². The van der Waals surface area contributed by atoms with Crippen LogP contribution in [-0.2, 0) is 23.9 Å². The standard InChI is InChI=1S/C8H10O3.C4H6O2/c1-3-5-7(9)11-8(10)6-4-2;1-3-6-4(2)5/h3-6H,1-2H3;3H,1H2,2H3. The van der Waals surface area contributed by atoms with Crippen LogP contribution in [0.25, 0.3) is 0 Å². The number of rotatable bonds is 3. The first-order valence-electron chi connectivity index (χ1n) is 4.77. The van der Waals surface area contributed by atoms with E-state index in [-0.39, 0.29) is 5.97 Å². The summed E-state index contributed by atoms with van der Waals surface area (Å²) in [6.07, 6.45) is 6.47. The minimum Gasteiger partial charge on any atom is -0.435 e. The molecule has 0 saturated heterocycles. The third-order valence-corrected chi connectivity index (χ3v) is 1.06. The van der Waals surface area contributed by atoms with Gasteiger partial charge in [0, 0.05) is 19.1 Å². The molecule has 0 bridgehead atoms. The third kappa shape index (κ3) is 16.5. The maximum Gasteiger partial charge on any atom is 0.338 e. The molecule has 0 aliphatic carbocycles. The summed E-state index contributed by atoms with van der Waals surface area (Å²) in [6, 6.07) is 0. The summed E-state index contributed by atoms with van der Waals surface area (Å²) in [5.41, 5.74) is 0. The molecule has 0 N–H and O–H groups in total. The van der Waals surface area contributed by atoms with E-state index in [1.165, 1.54) is 31.2 Å². The Morgan fingerprint density at radius 1 is 1.00 bits per heavy atom. The van der Waals surface area contributed by atoms with Gasteiger partial charge in [-0.25, -0.2) is 9.59 Å². The van der Waals surface area contributed by atoms with Gasteiger partial charge in [0.1, 0.15) is 0 Å². The molecule has 0 saturated carbocycles. The van der Waals surface area contributed by atoms with E-state index in [1.54, 1.807) is 13.8 Å². The van der Waals surface area contributed by atoms with Gasteiger partial charge >= 0.3 is 17.9 Å². The van der Waals surface area contributed by atoms with E-state index >= 15 is 0 Å². The Kier molecular flexibility index (Phi) is 12.1. The Labute approximate surface area is 100 Å². The Morgan fingerprint density at radius 2 is 1.41 bits per heavy atom. The zero-order valence-corrected chi connectivity index (χ0v) is 10.1. The van der Waals surface area contributed by atoms with Gasteiger partial charge in [0.05, 0.1) is 6.26 Å². The van der Waals surface area contributed by atoms with E-state index in [1.807, 2.05) is 0 Å². The van der Waals surface area contributed by atoms with Crippen molar-refractivity contribution < 1.29 is 23.9 Å². The molecule has 0 amide bonds. The zero-order valence-electron chi connectivity index (χ0n) is 10.1. The summed E-state index contributed by atoms with van der Waals surface area (Å²) in [4.78, 5) is 30.9. The maximum absolute atomic E-state index is 10.6. The second-order valence-corrected chi connectivity index (χ2v) is 2.52. The van der Waals surface area contributed by atoms with Crippen molar-refractivity contribution in [2.45, 2.75) is 20.8 Å². The lowest BCUT2D eigenvalue weighted by atomic mass is 10.5. The van der Waals surface area contributed by atoms with Gasteiger partial charge in [-0.15, -0.1) is 0 Å². The summed E-state index contributed by atoms with van der Waals surface area (Å²) in [6.45, 7) is 7.81. The fraction of sp³-hybridized carbons (Fsp3) is 0.250. The van der Waals surface area contributed by atoms with Crippen molar-refractivity contribution in [3.63, 3.8) is 0 Å². The van der Waals surface area contributed by atoms with Crippen molar-refractivity contribution in [3.05, 3.63) is 37.1 Å². The van der Waals surface area contributed by atoms with Crippen molar-refractivity contribution >= 4 is 17.9 Å². The molecule has 0 aliphatic rings. The van der Waals surface area contributed by atoms with Gasteiger partial charge in [-0.1, -0.05) is 18.7 Å². The lowest BCUT2D eigenvalue weighted by Gasteiger charge is -1.91. The van der Waals surface area contributed by atoms with Crippen molar-refractivity contribution in [2.24, 2.45) is 0 Å². The van der Waals surface area contributed by atoms with E-state index < -0.39 is 11.9 Å². The molecule has 5 nitrogen and oxygen atoms in total. The van der Waals surface area contributed by atoms with Crippen LogP contribution in [-0.4, -0.2) is 17.9 Å². The van der Waals surface area contributed by atoms with Gasteiger partial charge in [-0.05, 0) is 13.8 Å². The lowest BCUT2D eigenvalue weighted by Crippen LogP contribution is -2.06. The highest BCUT2D eigenvalue weighted by Gasteiger charge is 2.00. The second kappa shape index (κ2) is 11.9. The molecular weight excluding hydrogens is 224 g/mol. The van der Waals surface area contributed by atoms with Gasteiger partial charge in [-0.2, -0.15) is 0 Å². The molecule has 0 spiro atoms. The molecular formula is C12H16O5. The lowest BCUT2D eigenvalue weighted by molar-refractivity contribution is -0.152. The molecule has 0 aromatic rings. The van der Waals surface area contributed by atoms with Crippen LogP contribution in [0.1, 0.15) is 20.8 Å². The van der Waals surface area contributed by atoms with Gasteiger partial charge in [0.2, 0.25) is 0 Å². The highest BCUT2D eigenvalue weighted by molar-refractivity contribution is 5.96. The summed E-state index contributed by atoms with van der Waals surface area (Å²) in [5, 5.41) is 0. The first-order chi connectivity index (χ1) is 7.97. The predicted octanol–water partition coefficient (Wildman–Crippen LogP) is 1.90. The average Bonchev–Trinajstić information content (AvgIpc) is 2.18. The Hall–Kier alpha value is -2.17. The van der Waals surface area contributed by atoms with E-state index in [0.29, 0.717) is 0 Å². The number of hydrogen-bond acceptors (Lipinski definition) is 5. The molecule has 0 fully saturated rings. The number of allylic oxidation sites excluding steroid dienone is 2. The minimum atomic E-state index is -0.643. The molecule has 0 aromatic carbocycles. The normalized spacial score (nSPS) is 9.35. The van der Waals surface area contributed by atoms with Gasteiger partial charge in [0.15, 0.2) is 0 Å². The van der Waals surface area contributed by atoms with E-state index in [0.717, 1.165) is 6.26 Å². The Balaban J connectivity index is 0. The first-order valence-corrected chi connectivity index (χ1v) is 4.77. The van der Waals surface area contributed by atoms with Crippen molar-refractivity contribution in [1.29, 1.82) is 0 Å². The second-order valence-electron chi connectivity index (χ2n) is 2.52. The van der Waals surface area contributed by atoms with E-state index in [4.69, 9.17) is 0 Å². The maximum atomic E-state index is 10.6. The molecule has 0 unspecified atom stereocenters. The fourth-order valence-corrected chi connectivity index (χ4v) is 0.557. The Bertz CT molecular complexity index is 304. The van der Waals surface area contributed by atoms with Crippen molar-refractivity contribution in [3.8, 4) is 0 Å². The molecule has 94 valence electrons. The number of esters is 3. The van der Waals surface area contributed by atoms with Crippen LogP contribution in [0.2, 0.25) is 0 Å². The quantitative estimate of drug-likeness (QED) is 0.326. The number of ether oxygens (including phenoxy) is 2. The number of hydrogen-bond donors (Lipinski definition) is 0. The van der Waals surface area contributed by atoms with E-state index in [9.17, 15) is 14.4 Å². The summed E-state index contributed by atoms with van der Waals surface area (Å²) in [7, 11) is 0. The molecule has 0 heterocycles. The van der Waals surface area contributed by atoms with Gasteiger partial charge < -0.3 is 9.47 Å². The third-order valence-electron chi connectivity index (χ3n) is 1.06. The molecule has 5 heteroatoms. The molecule has 17 heavy (non-hydrogen) atoms. The molecule has 0 rings (SSSR count). The molecule has 0 radical (unpaired) electrons. The van der Waals surface area contributed by atoms with Crippen LogP contribution in [0.5, 0.6) is 0 Å². The fourth-order valence-electron chi connectivity index (χ4n) is 0.557. The average molecular weight is 240 g/mol. The topological polar surface area (TPSA) is 69.7 Å². The predicted molar refractivity (Wildman–Crippen MR) is 62.7 cm³/mol. The van der Waals surface area contributed by atoms with Crippen LogP contribution in [0.4, 0.5) is 0 Å². The summed E-state index contributed by atoms with van der Waals surface area (Å²) < 4.78 is 8.45. The highest BCUT2D eigenvalue weighted by atomic mass is 16.6. The van der Waals surface area contributed by atoms with Crippen LogP contribution in [0.15, 0.2) is 37.1 Å². The van der Waals surface area contributed by atoms with Crippen LogP contribution in [0, 0.1) is 0 Å². The SMILES string of the molecule is C=COC(C)=O.CC=CC(=O)OC(=O)C=CC. The largest absolute Gasteiger partial charge is 0.435 e. The molecule has 0 atom stereocenters. The molecule has 0 aromatic heterocycles. The summed E-state index contributed by atoms with van der Waals surface area (Å²) >= 11 is 0. The monoisotopic (exact) mass is 240 g/mol. The summed E-state index contributed by atoms with van der Waals surface area (Å²) in [5.74, 6) is -1.61. The zero-order chi connectivity index (χ0) is 13.7. The highest BCUT2D eigenvalue weighted by Crippen LogP contribution is 1.84. The first kappa shape index (κ1) is 17.2. The van der Waals surface area contributed by atoms with Crippen molar-refractivity contribution in [2.75, 3.05) is 0 Å². The van der Waals surface area contributed by atoms with Crippen molar-refractivity contribution in [1.82, 2.24) is 0 Å². The van der Waals surface area contributed by atoms with Crippen LogP contribution < -0.4 is 0 Å². The smallest absolute Gasteiger partial charge is 0.338 e. The Morgan fingerprint density at radius 3 is 1.59 bits per heavy atom.